The number of anilines is 1. The Morgan fingerprint density at radius 3 is 2.30 bits per heavy atom. The highest BCUT2D eigenvalue weighted by Crippen LogP contribution is 2.36. The maximum absolute atomic E-state index is 13.1. The lowest BCUT2D eigenvalue weighted by molar-refractivity contribution is -0.123. The van der Waals surface area contributed by atoms with Gasteiger partial charge in [0.25, 0.3) is 11.8 Å². The largest absolute Gasteiger partial charge is 0.497 e. The number of hydrogen-bond donors (Lipinski definition) is 0. The first kappa shape index (κ1) is 19.7. The fraction of sp³-hybridized carbons (Fsp3) is 0.333. The van der Waals surface area contributed by atoms with Gasteiger partial charge in [-0.05, 0) is 36.2 Å². The lowest BCUT2D eigenvalue weighted by atomic mass is 10.1. The molecule has 0 radical (unpaired) electrons. The van der Waals surface area contributed by atoms with Gasteiger partial charge in [0.2, 0.25) is 0 Å². The minimum absolute atomic E-state index is 0.350. The van der Waals surface area contributed by atoms with E-state index in [0.29, 0.717) is 30.2 Å². The molecule has 9 nitrogen and oxygen atoms in total. The number of carbonyl (C=O) groups is 2. The second kappa shape index (κ2) is 8.02. The molecule has 2 heterocycles. The molecule has 2 atom stereocenters. The Kier molecular flexibility index (Phi) is 5.26. The third-order valence-corrected chi connectivity index (χ3v) is 5.27. The number of benzene rings is 2. The number of rotatable bonds is 7. The maximum atomic E-state index is 13.1. The van der Waals surface area contributed by atoms with Gasteiger partial charge in [0.05, 0.1) is 27.0 Å². The number of ether oxygens (including phenoxy) is 3. The second-order valence-corrected chi connectivity index (χ2v) is 6.91. The molecule has 2 aromatic rings. The monoisotopic (exact) mass is 410 g/mol. The normalized spacial score (nSPS) is 20.0. The number of methoxy groups -OCH3 is 3. The van der Waals surface area contributed by atoms with Crippen LogP contribution in [-0.2, 0) is 16.0 Å². The van der Waals surface area contributed by atoms with Crippen LogP contribution in [0.2, 0.25) is 0 Å². The van der Waals surface area contributed by atoms with Crippen molar-refractivity contribution in [3.8, 4) is 17.2 Å². The standard InChI is InChI=1S/C21H22N4O5/c1-28-15-7-4-13(5-8-15)10-11-24-19-18(22-23-24)20(26)25(21(19)27)14-6-9-16(29-2)17(12-14)30-3/h4-9,12,18-19H,10-11H2,1-3H3. The van der Waals surface area contributed by atoms with Gasteiger partial charge in [-0.25, -0.2) is 4.90 Å². The van der Waals surface area contributed by atoms with Crippen LogP contribution in [0.5, 0.6) is 17.2 Å². The molecule has 2 aliphatic heterocycles. The molecule has 0 saturated carbocycles. The number of hydrogen-bond acceptors (Lipinski definition) is 8. The van der Waals surface area contributed by atoms with Crippen LogP contribution >= 0.6 is 0 Å². The number of carbonyl (C=O) groups excluding carboxylic acids is 2. The van der Waals surface area contributed by atoms with E-state index in [1.54, 1.807) is 30.3 Å². The topological polar surface area (TPSA) is 93.0 Å². The van der Waals surface area contributed by atoms with Crippen molar-refractivity contribution < 1.29 is 23.8 Å². The summed E-state index contributed by atoms with van der Waals surface area (Å²) in [5.41, 5.74) is 1.49. The van der Waals surface area contributed by atoms with Gasteiger partial charge in [0.15, 0.2) is 23.6 Å². The molecule has 9 heteroatoms. The molecular formula is C21H22N4O5. The molecule has 1 saturated heterocycles. The molecule has 2 aliphatic rings. The van der Waals surface area contributed by atoms with Crippen molar-refractivity contribution in [2.45, 2.75) is 18.5 Å². The van der Waals surface area contributed by atoms with Gasteiger partial charge in [-0.15, -0.1) is 0 Å². The van der Waals surface area contributed by atoms with E-state index >= 15 is 0 Å². The van der Waals surface area contributed by atoms with Crippen LogP contribution in [0.25, 0.3) is 0 Å². The zero-order valence-corrected chi connectivity index (χ0v) is 16.9. The van der Waals surface area contributed by atoms with Crippen molar-refractivity contribution in [2.75, 3.05) is 32.8 Å². The Bertz CT molecular complexity index is 991. The summed E-state index contributed by atoms with van der Waals surface area (Å²) >= 11 is 0. The average Bonchev–Trinajstić information content (AvgIpc) is 3.31. The molecule has 0 aliphatic carbocycles. The van der Waals surface area contributed by atoms with Gasteiger partial charge in [-0.2, -0.15) is 5.11 Å². The third kappa shape index (κ3) is 3.32. The molecule has 2 aromatic carbocycles. The molecule has 0 N–H and O–H groups in total. The van der Waals surface area contributed by atoms with Gasteiger partial charge in [0.1, 0.15) is 5.75 Å². The van der Waals surface area contributed by atoms with Gasteiger partial charge < -0.3 is 14.2 Å². The van der Waals surface area contributed by atoms with E-state index in [1.165, 1.54) is 14.2 Å². The summed E-state index contributed by atoms with van der Waals surface area (Å²) in [6, 6.07) is 11.0. The van der Waals surface area contributed by atoms with E-state index < -0.39 is 18.0 Å². The molecule has 2 unspecified atom stereocenters. The highest BCUT2D eigenvalue weighted by molar-refractivity contribution is 6.25. The van der Waals surface area contributed by atoms with E-state index in [1.807, 2.05) is 24.3 Å². The summed E-state index contributed by atoms with van der Waals surface area (Å²) in [4.78, 5) is 27.1. The quantitative estimate of drug-likeness (QED) is 0.650. The third-order valence-electron chi connectivity index (χ3n) is 5.27. The summed E-state index contributed by atoms with van der Waals surface area (Å²) in [6.07, 6.45) is 0.657. The first-order chi connectivity index (χ1) is 14.6. The van der Waals surface area contributed by atoms with Gasteiger partial charge in [-0.3, -0.25) is 14.6 Å². The number of amides is 2. The molecule has 0 bridgehead atoms. The lowest BCUT2D eigenvalue weighted by Crippen LogP contribution is -2.40. The Morgan fingerprint density at radius 2 is 1.63 bits per heavy atom. The van der Waals surface area contributed by atoms with Crippen molar-refractivity contribution in [1.82, 2.24) is 5.01 Å². The minimum Gasteiger partial charge on any atom is -0.497 e. The Labute approximate surface area is 173 Å². The molecule has 2 amide bonds. The summed E-state index contributed by atoms with van der Waals surface area (Å²) in [5, 5.41) is 9.74. The van der Waals surface area contributed by atoms with Crippen LogP contribution in [0.4, 0.5) is 5.69 Å². The summed E-state index contributed by atoms with van der Waals surface area (Å²) in [5.74, 6) is 0.985. The average molecular weight is 410 g/mol. The fourth-order valence-corrected chi connectivity index (χ4v) is 3.66. The SMILES string of the molecule is COc1ccc(CCN2N=NC3C(=O)N(c4ccc(OC)c(OC)c4)C(=O)C32)cc1. The van der Waals surface area contributed by atoms with Crippen LogP contribution in [0.3, 0.4) is 0 Å². The highest BCUT2D eigenvalue weighted by atomic mass is 16.5. The number of fused-ring (bicyclic) bond motifs is 1. The summed E-state index contributed by atoms with van der Waals surface area (Å²) in [6.45, 7) is 0.468. The van der Waals surface area contributed by atoms with Crippen LogP contribution in [0.1, 0.15) is 5.56 Å². The van der Waals surface area contributed by atoms with Crippen molar-refractivity contribution >= 4 is 17.5 Å². The van der Waals surface area contributed by atoms with E-state index in [4.69, 9.17) is 14.2 Å². The molecule has 0 spiro atoms. The molecule has 30 heavy (non-hydrogen) atoms. The summed E-state index contributed by atoms with van der Waals surface area (Å²) in [7, 11) is 4.64. The highest BCUT2D eigenvalue weighted by Gasteiger charge is 2.54. The number of imide groups is 1. The predicted octanol–water partition coefficient (Wildman–Crippen LogP) is 2.25. The Morgan fingerprint density at radius 1 is 0.900 bits per heavy atom. The van der Waals surface area contributed by atoms with Crippen molar-refractivity contribution in [1.29, 1.82) is 0 Å². The molecule has 156 valence electrons. The lowest BCUT2D eigenvalue weighted by Gasteiger charge is -2.21. The van der Waals surface area contributed by atoms with E-state index in [-0.39, 0.29) is 5.91 Å². The van der Waals surface area contributed by atoms with Gasteiger partial charge in [-0.1, -0.05) is 17.4 Å². The first-order valence-corrected chi connectivity index (χ1v) is 9.47. The first-order valence-electron chi connectivity index (χ1n) is 9.47. The van der Waals surface area contributed by atoms with Crippen LogP contribution < -0.4 is 19.1 Å². The van der Waals surface area contributed by atoms with Crippen LogP contribution in [0.15, 0.2) is 52.8 Å². The Hall–Kier alpha value is -3.62. The van der Waals surface area contributed by atoms with Gasteiger partial charge >= 0.3 is 0 Å². The van der Waals surface area contributed by atoms with Crippen LogP contribution in [-0.4, -0.2) is 56.8 Å². The van der Waals surface area contributed by atoms with E-state index in [2.05, 4.69) is 10.3 Å². The molecule has 0 aromatic heterocycles. The van der Waals surface area contributed by atoms with Crippen molar-refractivity contribution in [3.63, 3.8) is 0 Å². The molecular weight excluding hydrogens is 388 g/mol. The van der Waals surface area contributed by atoms with Gasteiger partial charge in [0, 0.05) is 12.6 Å². The van der Waals surface area contributed by atoms with E-state index in [0.717, 1.165) is 16.2 Å². The minimum atomic E-state index is -0.832. The van der Waals surface area contributed by atoms with Crippen LogP contribution in [0, 0.1) is 0 Å². The molecule has 4 rings (SSSR count). The van der Waals surface area contributed by atoms with Crippen molar-refractivity contribution in [3.05, 3.63) is 48.0 Å². The molecule has 1 fully saturated rings. The second-order valence-electron chi connectivity index (χ2n) is 6.91. The zero-order chi connectivity index (χ0) is 21.3. The maximum Gasteiger partial charge on any atom is 0.263 e. The number of nitrogens with zero attached hydrogens (tertiary/aromatic N) is 4. The summed E-state index contributed by atoms with van der Waals surface area (Å²) < 4.78 is 15.7. The van der Waals surface area contributed by atoms with Crippen molar-refractivity contribution in [2.24, 2.45) is 10.3 Å². The zero-order valence-electron chi connectivity index (χ0n) is 16.9. The predicted molar refractivity (Wildman–Crippen MR) is 108 cm³/mol. The Balaban J connectivity index is 1.50. The smallest absolute Gasteiger partial charge is 0.263 e. The van der Waals surface area contributed by atoms with E-state index in [9.17, 15) is 9.59 Å². The fourth-order valence-electron chi connectivity index (χ4n) is 3.66.